The average Bonchev–Trinajstić information content (AvgIpc) is 1.90. The molecule has 0 heterocycles. The van der Waals surface area contributed by atoms with Gasteiger partial charge in [-0.25, -0.2) is 5.84 Å². The zero-order valence-corrected chi connectivity index (χ0v) is 7.89. The SMILES string of the molecule is C=C(C)/C(N)=C/N(C)N.CC. The standard InChI is InChI=1S/C6H13N3.C2H6/c1-5(2)6(7)4-9(3)8;1-2/h4H,1,7-8H2,2-3H3;1-2H3/b6-4-;. The highest BCUT2D eigenvalue weighted by molar-refractivity contribution is 5.21. The summed E-state index contributed by atoms with van der Waals surface area (Å²) in [5.74, 6) is 5.27. The predicted molar refractivity (Wildman–Crippen MR) is 50.4 cm³/mol. The molecule has 0 amide bonds. The fraction of sp³-hybridized carbons (Fsp3) is 0.500. The van der Waals surface area contributed by atoms with Crippen LogP contribution in [0.1, 0.15) is 20.8 Å². The van der Waals surface area contributed by atoms with Crippen LogP contribution < -0.4 is 11.6 Å². The monoisotopic (exact) mass is 157 g/mol. The summed E-state index contributed by atoms with van der Waals surface area (Å²) in [7, 11) is 1.70. The molecule has 0 aromatic rings. The van der Waals surface area contributed by atoms with E-state index in [-0.39, 0.29) is 0 Å². The number of allylic oxidation sites excluding steroid dienone is 1. The van der Waals surface area contributed by atoms with Crippen LogP contribution in [0.15, 0.2) is 24.0 Å². The number of hydrazine groups is 1. The van der Waals surface area contributed by atoms with E-state index in [9.17, 15) is 0 Å². The van der Waals surface area contributed by atoms with Crippen molar-refractivity contribution in [1.82, 2.24) is 5.01 Å². The van der Waals surface area contributed by atoms with E-state index in [1.165, 1.54) is 5.01 Å². The van der Waals surface area contributed by atoms with Gasteiger partial charge in [0, 0.05) is 13.2 Å². The fourth-order valence-corrected chi connectivity index (χ4v) is 0.330. The summed E-state index contributed by atoms with van der Waals surface area (Å²) in [5, 5.41) is 1.39. The Hall–Kier alpha value is -0.960. The first-order chi connectivity index (χ1) is 5.04. The number of hydrogen-bond donors (Lipinski definition) is 2. The van der Waals surface area contributed by atoms with Crippen molar-refractivity contribution in [3.8, 4) is 0 Å². The third-order valence-corrected chi connectivity index (χ3v) is 0.836. The van der Waals surface area contributed by atoms with Crippen LogP contribution in [-0.4, -0.2) is 12.1 Å². The molecule has 0 saturated heterocycles. The van der Waals surface area contributed by atoms with Crippen LogP contribution in [0.25, 0.3) is 0 Å². The molecule has 4 N–H and O–H groups in total. The van der Waals surface area contributed by atoms with E-state index < -0.39 is 0 Å². The summed E-state index contributed by atoms with van der Waals surface area (Å²) in [6.45, 7) is 9.46. The molecule has 0 aromatic heterocycles. The van der Waals surface area contributed by atoms with Gasteiger partial charge in [0.2, 0.25) is 0 Å². The number of nitrogens with two attached hydrogens (primary N) is 2. The molecule has 0 bridgehead atoms. The van der Waals surface area contributed by atoms with Gasteiger partial charge in [0.1, 0.15) is 0 Å². The van der Waals surface area contributed by atoms with Crippen LogP contribution in [-0.2, 0) is 0 Å². The molecule has 3 heteroatoms. The van der Waals surface area contributed by atoms with Crippen molar-refractivity contribution < 1.29 is 0 Å². The molecular weight excluding hydrogens is 138 g/mol. The Morgan fingerprint density at radius 3 is 1.91 bits per heavy atom. The van der Waals surface area contributed by atoms with Crippen LogP contribution in [0.5, 0.6) is 0 Å². The van der Waals surface area contributed by atoms with E-state index in [4.69, 9.17) is 11.6 Å². The lowest BCUT2D eigenvalue weighted by atomic mass is 10.3. The minimum Gasteiger partial charge on any atom is -0.397 e. The lowest BCUT2D eigenvalue weighted by molar-refractivity contribution is 0.480. The maximum atomic E-state index is 5.46. The van der Waals surface area contributed by atoms with E-state index in [0.29, 0.717) is 5.70 Å². The Labute approximate surface area is 69.3 Å². The fourth-order valence-electron chi connectivity index (χ4n) is 0.330. The van der Waals surface area contributed by atoms with Crippen molar-refractivity contribution in [3.05, 3.63) is 24.0 Å². The summed E-state index contributed by atoms with van der Waals surface area (Å²) in [4.78, 5) is 0. The molecule has 0 rings (SSSR count). The summed E-state index contributed by atoms with van der Waals surface area (Å²) in [6.07, 6.45) is 1.61. The lowest BCUT2D eigenvalue weighted by Crippen LogP contribution is -2.21. The topological polar surface area (TPSA) is 55.3 Å². The first-order valence-electron chi connectivity index (χ1n) is 3.64. The summed E-state index contributed by atoms with van der Waals surface area (Å²) >= 11 is 0. The van der Waals surface area contributed by atoms with Gasteiger partial charge in [0.15, 0.2) is 0 Å². The molecule has 0 atom stereocenters. The van der Waals surface area contributed by atoms with E-state index in [1.54, 1.807) is 13.2 Å². The number of rotatable bonds is 2. The maximum Gasteiger partial charge on any atom is 0.0514 e. The van der Waals surface area contributed by atoms with Gasteiger partial charge < -0.3 is 10.7 Å². The molecule has 0 spiro atoms. The van der Waals surface area contributed by atoms with Gasteiger partial charge in [-0.05, 0) is 12.5 Å². The first-order valence-corrected chi connectivity index (χ1v) is 3.64. The highest BCUT2D eigenvalue weighted by atomic mass is 15.4. The second kappa shape index (κ2) is 7.15. The van der Waals surface area contributed by atoms with Crippen LogP contribution in [0.3, 0.4) is 0 Å². The smallest absolute Gasteiger partial charge is 0.0514 e. The molecule has 0 unspecified atom stereocenters. The Morgan fingerprint density at radius 1 is 1.45 bits per heavy atom. The Morgan fingerprint density at radius 2 is 1.82 bits per heavy atom. The third-order valence-electron chi connectivity index (χ3n) is 0.836. The van der Waals surface area contributed by atoms with Crippen LogP contribution in [0.4, 0.5) is 0 Å². The molecular formula is C8H19N3. The van der Waals surface area contributed by atoms with Crippen molar-refractivity contribution in [3.63, 3.8) is 0 Å². The van der Waals surface area contributed by atoms with Crippen LogP contribution in [0.2, 0.25) is 0 Å². The minimum absolute atomic E-state index is 0.611. The number of nitrogens with zero attached hydrogens (tertiary/aromatic N) is 1. The average molecular weight is 157 g/mol. The molecule has 0 radical (unpaired) electrons. The molecule has 0 aromatic carbocycles. The van der Waals surface area contributed by atoms with E-state index in [0.717, 1.165) is 5.57 Å². The van der Waals surface area contributed by atoms with Crippen molar-refractivity contribution in [2.45, 2.75) is 20.8 Å². The van der Waals surface area contributed by atoms with Crippen molar-refractivity contribution in [2.75, 3.05) is 7.05 Å². The molecule has 0 fully saturated rings. The summed E-state index contributed by atoms with van der Waals surface area (Å²) in [6, 6.07) is 0. The summed E-state index contributed by atoms with van der Waals surface area (Å²) < 4.78 is 0. The number of hydrogen-bond acceptors (Lipinski definition) is 3. The molecule has 3 nitrogen and oxygen atoms in total. The normalized spacial score (nSPS) is 9.73. The Kier molecular flexibility index (Phi) is 8.25. The Bertz CT molecular complexity index is 136. The zero-order chi connectivity index (χ0) is 9.44. The molecule has 0 aliphatic heterocycles. The first kappa shape index (κ1) is 12.7. The van der Waals surface area contributed by atoms with Crippen molar-refractivity contribution in [1.29, 1.82) is 0 Å². The van der Waals surface area contributed by atoms with Gasteiger partial charge >= 0.3 is 0 Å². The van der Waals surface area contributed by atoms with Crippen LogP contribution >= 0.6 is 0 Å². The van der Waals surface area contributed by atoms with Gasteiger partial charge in [-0.15, -0.1) is 0 Å². The molecule has 66 valence electrons. The van der Waals surface area contributed by atoms with Crippen molar-refractivity contribution >= 4 is 0 Å². The molecule has 0 aliphatic rings. The lowest BCUT2D eigenvalue weighted by Gasteiger charge is -2.06. The molecule has 11 heavy (non-hydrogen) atoms. The van der Waals surface area contributed by atoms with E-state index in [2.05, 4.69) is 6.58 Å². The molecule has 0 aliphatic carbocycles. The summed E-state index contributed by atoms with van der Waals surface area (Å²) in [5.41, 5.74) is 6.89. The third kappa shape index (κ3) is 9.04. The second-order valence-electron chi connectivity index (χ2n) is 2.03. The predicted octanol–water partition coefficient (Wildman–Crippen LogP) is 1.19. The molecule has 0 saturated carbocycles. The highest BCUT2D eigenvalue weighted by Gasteiger charge is 1.88. The quantitative estimate of drug-likeness (QED) is 0.360. The van der Waals surface area contributed by atoms with E-state index in [1.807, 2.05) is 20.8 Å². The highest BCUT2D eigenvalue weighted by Crippen LogP contribution is 1.96. The zero-order valence-electron chi connectivity index (χ0n) is 7.89. The minimum atomic E-state index is 0.611. The second-order valence-corrected chi connectivity index (χ2v) is 2.03. The van der Waals surface area contributed by atoms with Gasteiger partial charge in [-0.3, -0.25) is 0 Å². The van der Waals surface area contributed by atoms with Crippen LogP contribution in [0, 0.1) is 0 Å². The van der Waals surface area contributed by atoms with Crippen molar-refractivity contribution in [2.24, 2.45) is 11.6 Å². The largest absolute Gasteiger partial charge is 0.397 e. The Balaban J connectivity index is 0. The van der Waals surface area contributed by atoms with E-state index >= 15 is 0 Å². The van der Waals surface area contributed by atoms with Gasteiger partial charge in [0.25, 0.3) is 0 Å². The van der Waals surface area contributed by atoms with Gasteiger partial charge in [0.05, 0.1) is 5.70 Å². The van der Waals surface area contributed by atoms with Gasteiger partial charge in [-0.2, -0.15) is 0 Å². The maximum absolute atomic E-state index is 5.46. The van der Waals surface area contributed by atoms with Gasteiger partial charge in [-0.1, -0.05) is 20.4 Å².